The Morgan fingerprint density at radius 1 is 0.321 bits per heavy atom. The van der Waals surface area contributed by atoms with Gasteiger partial charge in [-0.3, -0.25) is 0 Å². The van der Waals surface area contributed by atoms with E-state index in [0.717, 1.165) is 47.9 Å². The normalized spacial score (nSPS) is 12.1. The summed E-state index contributed by atoms with van der Waals surface area (Å²) in [5.41, 5.74) is 4.19. The lowest BCUT2D eigenvalue weighted by atomic mass is 9.85. The van der Waals surface area contributed by atoms with E-state index < -0.39 is 0 Å². The lowest BCUT2D eigenvalue weighted by Crippen LogP contribution is -2.15. The molecule has 78 heavy (non-hydrogen) atoms. The van der Waals surface area contributed by atoms with Gasteiger partial charge in [-0.15, -0.1) is 11.6 Å². The van der Waals surface area contributed by atoms with Crippen LogP contribution in [-0.2, 0) is 49.4 Å². The molecule has 4 rings (SSSR count). The molecule has 0 saturated carbocycles. The van der Waals surface area contributed by atoms with Crippen LogP contribution in [0, 0.1) is 23.7 Å². The maximum atomic E-state index is 9.54. The molecule has 0 amide bonds. The van der Waals surface area contributed by atoms with Crippen molar-refractivity contribution in [1.82, 2.24) is 0 Å². The van der Waals surface area contributed by atoms with Crippen LogP contribution in [0.25, 0.3) is 0 Å². The summed E-state index contributed by atoms with van der Waals surface area (Å²) in [6.07, 6.45) is 3.25. The van der Waals surface area contributed by atoms with Crippen LogP contribution in [0.5, 0.6) is 46.0 Å². The second kappa shape index (κ2) is 47.0. The van der Waals surface area contributed by atoms with Gasteiger partial charge in [0, 0.05) is 5.88 Å². The number of aliphatic hydroxyl groups is 5. The van der Waals surface area contributed by atoms with E-state index in [4.69, 9.17) is 79.8 Å². The Hall–Kier alpha value is -4.83. The number of aliphatic hydroxyl groups excluding tert-OH is 5. The average molecular weight is 1130 g/mol. The summed E-state index contributed by atoms with van der Waals surface area (Å²) in [6, 6.07) is 21.7. The van der Waals surface area contributed by atoms with E-state index in [1.54, 1.807) is 12.1 Å². The molecule has 0 unspecified atom stereocenters. The second-order valence-electron chi connectivity index (χ2n) is 17.7. The minimum Gasteiger partial charge on any atom is -0.504 e. The highest BCUT2D eigenvalue weighted by Crippen LogP contribution is 2.34. The van der Waals surface area contributed by atoms with Crippen LogP contribution in [0.3, 0.4) is 0 Å². The monoisotopic (exact) mass is 1130 g/mol. The fourth-order valence-corrected chi connectivity index (χ4v) is 7.35. The number of phenols is 4. The van der Waals surface area contributed by atoms with E-state index in [1.165, 1.54) is 12.1 Å². The standard InChI is InChI=1S/C34H54O12.C18H22O4.C4H9ClO2.3CH4/c1-27(23-29-3-5-31(43-19-15-39-11-7-35)33(25-29)45-21-17-41-13-9-37)28(2)24-30-4-6-32(44-20-16-40-12-8-36)34(26-30)46-22-18-42-14-10-38;1-11(7-13-3-5-15(19)17(21)9-13)12(2)8-14-4-6-16(20)18(22)10-14;5-1-3-7-4-2-6;;;/h3-6,25-28,35-38H,7-24H2,1-2H3;3-6,9-12,19-22H,7-8H2,1-2H3;6H,1-4H2;3*1H4/t27-,28+;11-,12+;;;;. The molecule has 0 aliphatic rings. The molecule has 0 bridgehead atoms. The maximum absolute atomic E-state index is 9.54. The third-order valence-electron chi connectivity index (χ3n) is 11.6. The Morgan fingerprint density at radius 3 is 0.846 bits per heavy atom. The van der Waals surface area contributed by atoms with Crippen molar-refractivity contribution in [2.24, 2.45) is 23.7 Å². The molecule has 19 heteroatoms. The fraction of sp³-hybridized carbons (Fsp3) is 0.593. The number of phenolic OH excluding ortho intramolecular Hbond substituents is 4. The van der Waals surface area contributed by atoms with Crippen LogP contribution in [0.15, 0.2) is 72.8 Å². The highest BCUT2D eigenvalue weighted by molar-refractivity contribution is 6.17. The predicted molar refractivity (Wildman–Crippen MR) is 306 cm³/mol. The highest BCUT2D eigenvalue weighted by Gasteiger charge is 2.19. The Balaban J connectivity index is 0. The first-order valence-corrected chi connectivity index (χ1v) is 26.1. The van der Waals surface area contributed by atoms with Gasteiger partial charge < -0.3 is 88.6 Å². The number of benzene rings is 4. The molecule has 0 aliphatic carbocycles. The Kier molecular flexibility index (Phi) is 45.4. The summed E-state index contributed by atoms with van der Waals surface area (Å²) in [4.78, 5) is 0. The number of rotatable bonds is 38. The first-order chi connectivity index (χ1) is 36.3. The maximum Gasteiger partial charge on any atom is 0.161 e. The van der Waals surface area contributed by atoms with Gasteiger partial charge in [0.25, 0.3) is 0 Å². The first-order valence-electron chi connectivity index (χ1n) is 25.6. The Labute approximate surface area is 470 Å². The number of halogens is 1. The number of aromatic hydroxyl groups is 4. The quantitative estimate of drug-likeness (QED) is 0.0117. The smallest absolute Gasteiger partial charge is 0.161 e. The summed E-state index contributed by atoms with van der Waals surface area (Å²) in [7, 11) is 0. The van der Waals surface area contributed by atoms with Gasteiger partial charge in [-0.2, -0.15) is 0 Å². The minimum atomic E-state index is -0.107. The summed E-state index contributed by atoms with van der Waals surface area (Å²) >= 11 is 5.23. The largest absolute Gasteiger partial charge is 0.504 e. The summed E-state index contributed by atoms with van der Waals surface area (Å²) in [5.74, 6) is 3.95. The van der Waals surface area contributed by atoms with Crippen LogP contribution in [0.2, 0.25) is 0 Å². The molecule has 0 fully saturated rings. The SMILES string of the molecule is C.C.C.C[C@H](Cc1ccc(O)c(O)c1)[C@@H](C)Cc1ccc(O)c(O)c1.C[C@H](Cc1ccc(OCCOCCO)c(OCCOCCO)c1)[C@@H](C)Cc1ccc(OCCOCCO)c(OCCOCCO)c1.OCCOCCCl. The van der Waals surface area contributed by atoms with Crippen LogP contribution >= 0.6 is 11.6 Å². The molecule has 18 nitrogen and oxygen atoms in total. The molecular formula is C59H97ClO18. The minimum absolute atomic E-state index is 0. The van der Waals surface area contributed by atoms with Gasteiger partial charge >= 0.3 is 0 Å². The van der Waals surface area contributed by atoms with E-state index in [0.29, 0.717) is 119 Å². The summed E-state index contributed by atoms with van der Waals surface area (Å²) in [5, 5.41) is 81.5. The number of hydrogen-bond acceptors (Lipinski definition) is 18. The van der Waals surface area contributed by atoms with Crippen LogP contribution in [0.4, 0.5) is 0 Å². The lowest BCUT2D eigenvalue weighted by Gasteiger charge is -2.22. The molecule has 9 N–H and O–H groups in total. The number of alkyl halides is 1. The van der Waals surface area contributed by atoms with Crippen molar-refractivity contribution >= 4 is 11.6 Å². The van der Waals surface area contributed by atoms with Crippen molar-refractivity contribution in [1.29, 1.82) is 0 Å². The Morgan fingerprint density at radius 2 is 0.577 bits per heavy atom. The lowest BCUT2D eigenvalue weighted by molar-refractivity contribution is 0.0644. The van der Waals surface area contributed by atoms with Gasteiger partial charge in [0.2, 0.25) is 0 Å². The van der Waals surface area contributed by atoms with Crippen molar-refractivity contribution in [2.75, 3.05) is 131 Å². The van der Waals surface area contributed by atoms with Gasteiger partial charge in [0.1, 0.15) is 26.4 Å². The van der Waals surface area contributed by atoms with Crippen molar-refractivity contribution in [3.8, 4) is 46.0 Å². The van der Waals surface area contributed by atoms with Crippen molar-refractivity contribution in [3.05, 3.63) is 95.1 Å². The van der Waals surface area contributed by atoms with E-state index in [-0.39, 0.29) is 105 Å². The molecule has 0 radical (unpaired) electrons. The Bertz CT molecular complexity index is 1920. The molecule has 4 aromatic carbocycles. The van der Waals surface area contributed by atoms with E-state index in [9.17, 15) is 20.4 Å². The van der Waals surface area contributed by atoms with Crippen LogP contribution in [0.1, 0.15) is 72.2 Å². The fourth-order valence-electron chi connectivity index (χ4n) is 7.24. The highest BCUT2D eigenvalue weighted by atomic mass is 35.5. The molecule has 4 aromatic rings. The zero-order valence-corrected chi connectivity index (χ0v) is 45.0. The number of hydrogen-bond donors (Lipinski definition) is 9. The van der Waals surface area contributed by atoms with E-state index in [1.807, 2.05) is 48.5 Å². The average Bonchev–Trinajstić information content (AvgIpc) is 3.39. The zero-order valence-electron chi connectivity index (χ0n) is 44.3. The second-order valence-corrected chi connectivity index (χ2v) is 18.1. The number of ether oxygens (including phenoxy) is 9. The van der Waals surface area contributed by atoms with E-state index >= 15 is 0 Å². The van der Waals surface area contributed by atoms with Crippen molar-refractivity contribution < 1.29 is 88.6 Å². The molecule has 4 atom stereocenters. The van der Waals surface area contributed by atoms with Gasteiger partial charge in [-0.1, -0.05) is 74.2 Å². The third-order valence-corrected chi connectivity index (χ3v) is 11.8. The van der Waals surface area contributed by atoms with Crippen molar-refractivity contribution in [3.63, 3.8) is 0 Å². The molecule has 448 valence electrons. The van der Waals surface area contributed by atoms with Gasteiger partial charge in [-0.05, 0) is 120 Å². The molecule has 0 aliphatic heterocycles. The third kappa shape index (κ3) is 32.9. The molecular weight excluding hydrogens is 1030 g/mol. The van der Waals surface area contributed by atoms with Gasteiger partial charge in [0.15, 0.2) is 46.0 Å². The zero-order chi connectivity index (χ0) is 55.1. The molecule has 0 heterocycles. The summed E-state index contributed by atoms with van der Waals surface area (Å²) in [6.45, 7) is 13.3. The van der Waals surface area contributed by atoms with Crippen LogP contribution in [-0.4, -0.2) is 177 Å². The van der Waals surface area contributed by atoms with Crippen LogP contribution < -0.4 is 18.9 Å². The van der Waals surface area contributed by atoms with E-state index in [2.05, 4.69) is 27.7 Å². The summed E-state index contributed by atoms with van der Waals surface area (Å²) < 4.78 is 49.8. The molecule has 0 spiro atoms. The van der Waals surface area contributed by atoms with Gasteiger partial charge in [0.05, 0.1) is 99.1 Å². The van der Waals surface area contributed by atoms with Gasteiger partial charge in [-0.25, -0.2) is 0 Å². The van der Waals surface area contributed by atoms with Crippen molar-refractivity contribution in [2.45, 2.75) is 75.7 Å². The molecule has 0 saturated heterocycles. The first kappa shape index (κ1) is 75.2. The predicted octanol–water partition coefficient (Wildman–Crippen LogP) is 8.00. The topological polar surface area (TPSA) is 265 Å². The molecule has 0 aromatic heterocycles.